The zero-order chi connectivity index (χ0) is 23.5. The first-order chi connectivity index (χ1) is 15.8. The van der Waals surface area contributed by atoms with E-state index in [9.17, 15) is 14.4 Å². The van der Waals surface area contributed by atoms with E-state index in [0.29, 0.717) is 22.9 Å². The Morgan fingerprint density at radius 2 is 1.85 bits per heavy atom. The number of nitrogens with one attached hydrogen (secondary N) is 2. The van der Waals surface area contributed by atoms with Crippen LogP contribution in [-0.2, 0) is 9.59 Å². The lowest BCUT2D eigenvalue weighted by Crippen LogP contribution is -2.45. The monoisotopic (exact) mass is 466 g/mol. The molecule has 1 fully saturated rings. The van der Waals surface area contributed by atoms with E-state index in [2.05, 4.69) is 15.6 Å². The SMILES string of the molecule is CN1C(=O)NCCC1c1ccc(N2CC=NC(C(=O)Nc3ccc(Cl)cc3)=C2C(N)=O)cc1. The van der Waals surface area contributed by atoms with Crippen molar-refractivity contribution < 1.29 is 14.4 Å². The number of aliphatic imine (C=N–C) groups is 1. The Morgan fingerprint density at radius 1 is 1.15 bits per heavy atom. The zero-order valence-corrected chi connectivity index (χ0v) is 18.7. The van der Waals surface area contributed by atoms with Crippen LogP contribution in [0, 0.1) is 0 Å². The molecule has 1 unspecified atom stereocenters. The summed E-state index contributed by atoms with van der Waals surface area (Å²) in [6.45, 7) is 0.889. The van der Waals surface area contributed by atoms with Gasteiger partial charge in [0.25, 0.3) is 11.8 Å². The summed E-state index contributed by atoms with van der Waals surface area (Å²) in [6, 6.07) is 13.9. The highest BCUT2D eigenvalue weighted by atomic mass is 35.5. The molecule has 0 saturated carbocycles. The normalized spacial score (nSPS) is 18.2. The fraction of sp³-hybridized carbons (Fsp3) is 0.217. The molecular formula is C23H23ClN6O3. The molecule has 10 heteroatoms. The third-order valence-electron chi connectivity index (χ3n) is 5.60. The van der Waals surface area contributed by atoms with E-state index >= 15 is 0 Å². The summed E-state index contributed by atoms with van der Waals surface area (Å²) < 4.78 is 0. The van der Waals surface area contributed by atoms with Crippen LogP contribution >= 0.6 is 11.6 Å². The number of carbonyl (C=O) groups excluding carboxylic acids is 3. The van der Waals surface area contributed by atoms with E-state index in [1.807, 2.05) is 24.3 Å². The number of benzene rings is 2. The van der Waals surface area contributed by atoms with E-state index in [1.54, 1.807) is 47.3 Å². The lowest BCUT2D eigenvalue weighted by molar-refractivity contribution is -0.116. The third-order valence-corrected chi connectivity index (χ3v) is 5.85. The predicted molar refractivity (Wildman–Crippen MR) is 127 cm³/mol. The van der Waals surface area contributed by atoms with Gasteiger partial charge >= 0.3 is 6.03 Å². The average molecular weight is 467 g/mol. The van der Waals surface area contributed by atoms with Crippen molar-refractivity contribution in [2.75, 3.05) is 30.4 Å². The number of hydrogen-bond acceptors (Lipinski definition) is 5. The van der Waals surface area contributed by atoms with Crippen molar-refractivity contribution in [2.45, 2.75) is 12.5 Å². The van der Waals surface area contributed by atoms with Crippen LogP contribution in [0.2, 0.25) is 5.02 Å². The van der Waals surface area contributed by atoms with Crippen LogP contribution in [0.4, 0.5) is 16.2 Å². The summed E-state index contributed by atoms with van der Waals surface area (Å²) in [7, 11) is 1.76. The molecule has 2 aliphatic heterocycles. The first kappa shape index (κ1) is 22.3. The van der Waals surface area contributed by atoms with Gasteiger partial charge in [-0.2, -0.15) is 0 Å². The lowest BCUT2D eigenvalue weighted by Gasteiger charge is -2.34. The van der Waals surface area contributed by atoms with Crippen molar-refractivity contribution in [3.8, 4) is 0 Å². The number of hydrogen-bond donors (Lipinski definition) is 3. The average Bonchev–Trinajstić information content (AvgIpc) is 2.82. The summed E-state index contributed by atoms with van der Waals surface area (Å²) in [6.07, 6.45) is 2.34. The van der Waals surface area contributed by atoms with Gasteiger partial charge in [-0.05, 0) is 48.4 Å². The van der Waals surface area contributed by atoms with E-state index in [1.165, 1.54) is 0 Å². The standard InChI is InChI=1S/C23H23ClN6O3/c1-29-18(10-11-27-23(29)33)14-2-8-17(9-3-14)30-13-12-26-19(20(30)21(25)31)22(32)28-16-6-4-15(24)5-7-16/h2-9,12,18H,10-11,13H2,1H3,(H2,25,31)(H,27,33)(H,28,32). The van der Waals surface area contributed by atoms with Gasteiger partial charge in [0.2, 0.25) is 0 Å². The number of halogens is 1. The van der Waals surface area contributed by atoms with Gasteiger partial charge in [0, 0.05) is 36.2 Å². The van der Waals surface area contributed by atoms with Crippen molar-refractivity contribution in [1.82, 2.24) is 10.2 Å². The number of amides is 4. The molecule has 4 N–H and O–H groups in total. The largest absolute Gasteiger partial charge is 0.364 e. The fourth-order valence-corrected chi connectivity index (χ4v) is 4.04. The van der Waals surface area contributed by atoms with Crippen LogP contribution in [0.3, 0.4) is 0 Å². The molecule has 2 heterocycles. The smallest absolute Gasteiger partial charge is 0.317 e. The molecule has 4 rings (SSSR count). The summed E-state index contributed by atoms with van der Waals surface area (Å²) in [5, 5.41) is 6.06. The predicted octanol–water partition coefficient (Wildman–Crippen LogP) is 2.65. The summed E-state index contributed by atoms with van der Waals surface area (Å²) in [5.41, 5.74) is 7.76. The molecule has 2 aromatic rings. The number of anilines is 2. The Morgan fingerprint density at radius 3 is 2.52 bits per heavy atom. The Balaban J connectivity index is 1.60. The molecule has 0 aromatic heterocycles. The number of primary amides is 1. The topological polar surface area (TPSA) is 120 Å². The number of nitrogens with zero attached hydrogens (tertiary/aromatic N) is 3. The van der Waals surface area contributed by atoms with Crippen LogP contribution in [0.15, 0.2) is 64.9 Å². The van der Waals surface area contributed by atoms with E-state index in [0.717, 1.165) is 12.0 Å². The van der Waals surface area contributed by atoms with Crippen molar-refractivity contribution >= 4 is 47.0 Å². The van der Waals surface area contributed by atoms with Gasteiger partial charge in [0.15, 0.2) is 5.70 Å². The maximum atomic E-state index is 12.9. The highest BCUT2D eigenvalue weighted by Gasteiger charge is 2.29. The fourth-order valence-electron chi connectivity index (χ4n) is 3.91. The minimum absolute atomic E-state index is 0.00544. The maximum Gasteiger partial charge on any atom is 0.317 e. The van der Waals surface area contributed by atoms with Gasteiger partial charge in [-0.3, -0.25) is 14.6 Å². The molecule has 1 atom stereocenters. The Kier molecular flexibility index (Phi) is 6.32. The summed E-state index contributed by atoms with van der Waals surface area (Å²) in [5.74, 6) is -1.32. The van der Waals surface area contributed by atoms with Gasteiger partial charge in [0.1, 0.15) is 5.70 Å². The van der Waals surface area contributed by atoms with E-state index in [-0.39, 0.29) is 30.0 Å². The van der Waals surface area contributed by atoms with Crippen molar-refractivity contribution in [3.05, 3.63) is 70.5 Å². The molecule has 2 aliphatic rings. The molecule has 0 aliphatic carbocycles. The molecule has 170 valence electrons. The number of carbonyl (C=O) groups is 3. The minimum atomic E-state index is -0.763. The van der Waals surface area contributed by atoms with Crippen LogP contribution < -0.4 is 21.3 Å². The van der Waals surface area contributed by atoms with Gasteiger partial charge < -0.3 is 26.2 Å². The molecule has 33 heavy (non-hydrogen) atoms. The number of nitrogens with two attached hydrogens (primary N) is 1. The Bertz CT molecular complexity index is 1140. The molecule has 9 nitrogen and oxygen atoms in total. The molecule has 0 spiro atoms. The van der Waals surface area contributed by atoms with Gasteiger partial charge in [-0.25, -0.2) is 4.79 Å². The van der Waals surface area contributed by atoms with Crippen molar-refractivity contribution in [1.29, 1.82) is 0 Å². The van der Waals surface area contributed by atoms with Gasteiger partial charge in [0.05, 0.1) is 12.6 Å². The first-order valence-corrected chi connectivity index (χ1v) is 10.7. The Labute approximate surface area is 195 Å². The minimum Gasteiger partial charge on any atom is -0.364 e. The van der Waals surface area contributed by atoms with Crippen LogP contribution in [0.1, 0.15) is 18.0 Å². The second-order valence-corrected chi connectivity index (χ2v) is 8.12. The second kappa shape index (κ2) is 9.33. The van der Waals surface area contributed by atoms with Gasteiger partial charge in [-0.15, -0.1) is 0 Å². The summed E-state index contributed by atoms with van der Waals surface area (Å²) in [4.78, 5) is 44.6. The quantitative estimate of drug-likeness (QED) is 0.627. The van der Waals surface area contributed by atoms with Crippen molar-refractivity contribution in [3.63, 3.8) is 0 Å². The first-order valence-electron chi connectivity index (χ1n) is 10.4. The molecule has 0 bridgehead atoms. The molecular weight excluding hydrogens is 444 g/mol. The number of rotatable bonds is 5. The molecule has 1 saturated heterocycles. The molecule has 2 aromatic carbocycles. The van der Waals surface area contributed by atoms with Crippen LogP contribution in [-0.4, -0.2) is 49.1 Å². The van der Waals surface area contributed by atoms with Crippen LogP contribution in [0.5, 0.6) is 0 Å². The van der Waals surface area contributed by atoms with E-state index in [4.69, 9.17) is 17.3 Å². The Hall–Kier alpha value is -3.85. The van der Waals surface area contributed by atoms with E-state index < -0.39 is 11.8 Å². The highest BCUT2D eigenvalue weighted by Crippen LogP contribution is 2.30. The highest BCUT2D eigenvalue weighted by molar-refractivity contribution is 6.30. The number of urea groups is 1. The lowest BCUT2D eigenvalue weighted by atomic mass is 10.0. The maximum absolute atomic E-state index is 12.9. The van der Waals surface area contributed by atoms with Crippen molar-refractivity contribution in [2.24, 2.45) is 10.7 Å². The molecule has 4 amide bonds. The molecule has 0 radical (unpaired) electrons. The zero-order valence-electron chi connectivity index (χ0n) is 17.9. The second-order valence-electron chi connectivity index (χ2n) is 7.68. The third kappa shape index (κ3) is 4.68. The van der Waals surface area contributed by atoms with Gasteiger partial charge in [-0.1, -0.05) is 23.7 Å². The van der Waals surface area contributed by atoms with Crippen LogP contribution in [0.25, 0.3) is 0 Å². The summed E-state index contributed by atoms with van der Waals surface area (Å²) >= 11 is 5.89.